The lowest BCUT2D eigenvalue weighted by atomic mass is 9.96. The zero-order chi connectivity index (χ0) is 26.0. The number of allylic oxidation sites excluding steroid dienone is 1. The molecule has 0 amide bonds. The highest BCUT2D eigenvalue weighted by atomic mass is 32.3. The molecule has 0 N–H and O–H groups in total. The fourth-order valence-corrected chi connectivity index (χ4v) is 8.59. The van der Waals surface area contributed by atoms with Crippen LogP contribution in [-0.4, -0.2) is 21.2 Å². The van der Waals surface area contributed by atoms with Crippen LogP contribution in [0.15, 0.2) is 132 Å². The normalized spacial score (nSPS) is 13.2. The minimum atomic E-state index is -5.19. The van der Waals surface area contributed by atoms with Crippen LogP contribution in [-0.2, 0) is 19.7 Å². The van der Waals surface area contributed by atoms with Gasteiger partial charge in [-0.05, 0) is 41.5 Å². The van der Waals surface area contributed by atoms with Crippen LogP contribution in [0.3, 0.4) is 0 Å². The molecule has 0 unspecified atom stereocenters. The zero-order valence-corrected chi connectivity index (χ0v) is 20.6. The maximum atomic E-state index is 17.3. The van der Waals surface area contributed by atoms with Crippen LogP contribution in [0, 0.1) is 5.82 Å². The summed E-state index contributed by atoms with van der Waals surface area (Å²) in [5.41, 5.74) is 0.559. The molecule has 0 aliphatic heterocycles. The Bertz CT molecular complexity index is 1520. The van der Waals surface area contributed by atoms with E-state index in [4.69, 9.17) is 0 Å². The maximum Gasteiger partial charge on any atom is 0.327 e. The van der Waals surface area contributed by atoms with Crippen LogP contribution in [0.4, 0.5) is 8.78 Å². The minimum Gasteiger partial charge on any atom is -0.219 e. The predicted octanol–water partition coefficient (Wildman–Crippen LogP) is 6.33. The third-order valence-corrected chi connectivity index (χ3v) is 11.0. The molecule has 0 aliphatic rings. The SMILES string of the molecule is C=C[C@@H](c1ccc(-c2ccccc2)c(F)c1)C(F)(S(=O)(=O)c1ccccc1)S(=O)(=O)c1ccccc1. The Morgan fingerprint density at radius 1 is 0.694 bits per heavy atom. The molecule has 4 aromatic carbocycles. The smallest absolute Gasteiger partial charge is 0.219 e. The van der Waals surface area contributed by atoms with Crippen molar-refractivity contribution in [3.8, 4) is 11.1 Å². The van der Waals surface area contributed by atoms with E-state index >= 15 is 8.78 Å². The molecular formula is C28H22F2O4S2. The number of hydrogen-bond acceptors (Lipinski definition) is 4. The van der Waals surface area contributed by atoms with Crippen molar-refractivity contribution in [3.63, 3.8) is 0 Å². The van der Waals surface area contributed by atoms with Gasteiger partial charge in [-0.3, -0.25) is 0 Å². The molecule has 4 rings (SSSR count). The summed E-state index contributed by atoms with van der Waals surface area (Å²) in [6.07, 6.45) is 0.887. The van der Waals surface area contributed by atoms with Crippen LogP contribution < -0.4 is 0 Å². The van der Waals surface area contributed by atoms with Gasteiger partial charge in [-0.2, -0.15) is 0 Å². The van der Waals surface area contributed by atoms with Crippen LogP contribution >= 0.6 is 0 Å². The van der Waals surface area contributed by atoms with Gasteiger partial charge in [0.1, 0.15) is 5.82 Å². The van der Waals surface area contributed by atoms with Crippen LogP contribution in [0.1, 0.15) is 11.5 Å². The van der Waals surface area contributed by atoms with Gasteiger partial charge in [-0.25, -0.2) is 25.6 Å². The lowest BCUT2D eigenvalue weighted by Crippen LogP contribution is -2.47. The molecule has 4 aromatic rings. The summed E-state index contributed by atoms with van der Waals surface area (Å²) in [5.74, 6) is -2.71. The second kappa shape index (κ2) is 9.79. The molecule has 0 bridgehead atoms. The first kappa shape index (κ1) is 25.5. The third kappa shape index (κ3) is 4.16. The van der Waals surface area contributed by atoms with E-state index in [9.17, 15) is 16.8 Å². The first-order valence-corrected chi connectivity index (χ1v) is 13.9. The van der Waals surface area contributed by atoms with E-state index in [1.165, 1.54) is 48.5 Å². The molecule has 184 valence electrons. The van der Waals surface area contributed by atoms with E-state index in [-0.39, 0.29) is 11.1 Å². The second-order valence-electron chi connectivity index (χ2n) is 8.03. The van der Waals surface area contributed by atoms with Crippen molar-refractivity contribution < 1.29 is 25.6 Å². The number of benzene rings is 4. The molecule has 0 fully saturated rings. The summed E-state index contributed by atoms with van der Waals surface area (Å²) in [4.78, 5) is -1.06. The Morgan fingerprint density at radius 3 is 1.56 bits per heavy atom. The Kier molecular flexibility index (Phi) is 6.93. The average Bonchev–Trinajstić information content (AvgIpc) is 2.90. The van der Waals surface area contributed by atoms with E-state index in [0.29, 0.717) is 5.56 Å². The summed E-state index contributed by atoms with van der Waals surface area (Å²) < 4.78 is 83.4. The van der Waals surface area contributed by atoms with Gasteiger partial charge in [0.15, 0.2) is 0 Å². The molecule has 36 heavy (non-hydrogen) atoms. The highest BCUT2D eigenvalue weighted by Crippen LogP contribution is 2.48. The number of halogens is 2. The van der Waals surface area contributed by atoms with Crippen molar-refractivity contribution in [1.29, 1.82) is 0 Å². The van der Waals surface area contributed by atoms with Crippen LogP contribution in [0.5, 0.6) is 0 Å². The molecular weight excluding hydrogens is 502 g/mol. The van der Waals surface area contributed by atoms with Gasteiger partial charge in [0.05, 0.1) is 15.7 Å². The van der Waals surface area contributed by atoms with Gasteiger partial charge in [0.2, 0.25) is 19.7 Å². The summed E-state index contributed by atoms with van der Waals surface area (Å²) in [6.45, 7) is 3.54. The lowest BCUT2D eigenvalue weighted by Gasteiger charge is -2.31. The van der Waals surface area contributed by atoms with Crippen molar-refractivity contribution in [1.82, 2.24) is 0 Å². The van der Waals surface area contributed by atoms with Gasteiger partial charge in [-0.15, -0.1) is 6.58 Å². The molecule has 8 heteroatoms. The molecule has 0 saturated heterocycles. The molecule has 0 heterocycles. The third-order valence-electron chi connectivity index (χ3n) is 5.88. The zero-order valence-electron chi connectivity index (χ0n) is 19.0. The van der Waals surface area contributed by atoms with Crippen LogP contribution in [0.2, 0.25) is 0 Å². The molecule has 4 nitrogen and oxygen atoms in total. The van der Waals surface area contributed by atoms with Gasteiger partial charge in [0, 0.05) is 5.56 Å². The van der Waals surface area contributed by atoms with Gasteiger partial charge < -0.3 is 0 Å². The Hall–Kier alpha value is -3.62. The van der Waals surface area contributed by atoms with E-state index in [1.54, 1.807) is 30.3 Å². The average molecular weight is 525 g/mol. The molecule has 1 atom stereocenters. The molecule has 0 spiro atoms. The van der Waals surface area contributed by atoms with E-state index in [2.05, 4.69) is 6.58 Å². The number of hydrogen-bond donors (Lipinski definition) is 0. The molecule has 0 radical (unpaired) electrons. The Morgan fingerprint density at radius 2 is 1.14 bits per heavy atom. The number of alkyl halides is 1. The fourth-order valence-electron chi connectivity index (χ4n) is 4.05. The first-order chi connectivity index (χ1) is 17.1. The standard InChI is InChI=1S/C28H22F2O4S2/c1-2-26(22-18-19-25(27(29)20-22)21-12-6-3-7-13-21)28(30,35(31,32)23-14-8-4-9-15-23)36(33,34)24-16-10-5-11-17-24/h2-20,26H,1H2/t26-/m0/s1. The van der Waals surface area contributed by atoms with Gasteiger partial charge in [-0.1, -0.05) is 84.9 Å². The summed E-state index contributed by atoms with van der Waals surface area (Å²) >= 11 is 0. The highest BCUT2D eigenvalue weighted by molar-refractivity contribution is 8.10. The van der Waals surface area contributed by atoms with Gasteiger partial charge >= 0.3 is 4.33 Å². The monoisotopic (exact) mass is 524 g/mol. The van der Waals surface area contributed by atoms with Crippen molar-refractivity contribution in [3.05, 3.63) is 133 Å². The van der Waals surface area contributed by atoms with Crippen LogP contribution in [0.25, 0.3) is 11.1 Å². The largest absolute Gasteiger partial charge is 0.327 e. The van der Waals surface area contributed by atoms with Crippen molar-refractivity contribution in [2.75, 3.05) is 0 Å². The summed E-state index contributed by atoms with van der Waals surface area (Å²) in [5, 5.41) is 0. The summed E-state index contributed by atoms with van der Waals surface area (Å²) in [6, 6.07) is 25.1. The molecule has 0 aliphatic carbocycles. The minimum absolute atomic E-state index is 0.191. The fraction of sp³-hybridized carbons (Fsp3) is 0.0714. The molecule has 0 aromatic heterocycles. The topological polar surface area (TPSA) is 68.3 Å². The Labute approximate surface area is 209 Å². The van der Waals surface area contributed by atoms with E-state index in [0.717, 1.165) is 36.4 Å². The predicted molar refractivity (Wildman–Crippen MR) is 136 cm³/mol. The number of sulfone groups is 2. The first-order valence-electron chi connectivity index (χ1n) is 10.9. The van der Waals surface area contributed by atoms with E-state index < -0.39 is 45.5 Å². The molecule has 0 saturated carbocycles. The quantitative estimate of drug-likeness (QED) is 0.253. The Balaban J connectivity index is 1.97. The highest BCUT2D eigenvalue weighted by Gasteiger charge is 2.62. The van der Waals surface area contributed by atoms with Gasteiger partial charge in [0.25, 0.3) is 0 Å². The van der Waals surface area contributed by atoms with Crippen molar-refractivity contribution in [2.45, 2.75) is 20.0 Å². The lowest BCUT2D eigenvalue weighted by molar-refractivity contribution is 0.331. The van der Waals surface area contributed by atoms with E-state index in [1.807, 2.05) is 0 Å². The maximum absolute atomic E-state index is 17.3. The summed E-state index contributed by atoms with van der Waals surface area (Å²) in [7, 11) is -10.4. The van der Waals surface area contributed by atoms with Crippen molar-refractivity contribution in [2.24, 2.45) is 0 Å². The number of rotatable bonds is 8. The second-order valence-corrected chi connectivity index (χ2v) is 12.4. The van der Waals surface area contributed by atoms with Crippen molar-refractivity contribution >= 4 is 19.7 Å².